The number of rotatable bonds is 4. The molecule has 3 rings (SSSR count). The first-order valence-corrected chi connectivity index (χ1v) is 10.6. The van der Waals surface area contributed by atoms with Crippen LogP contribution in [0.15, 0.2) is 35.2 Å². The third-order valence-electron chi connectivity index (χ3n) is 4.44. The second-order valence-electron chi connectivity index (χ2n) is 6.31. The Morgan fingerprint density at radius 1 is 1.17 bits per heavy atom. The molecule has 1 aromatic heterocycles. The molecule has 24 heavy (non-hydrogen) atoms. The molecule has 1 fully saturated rings. The second kappa shape index (κ2) is 7.14. The van der Waals surface area contributed by atoms with Crippen LogP contribution in [0.1, 0.15) is 16.0 Å². The Labute approximate surface area is 152 Å². The predicted octanol–water partition coefficient (Wildman–Crippen LogP) is 2.11. The highest BCUT2D eigenvalue weighted by Gasteiger charge is 2.31. The van der Waals surface area contributed by atoms with Crippen LogP contribution in [-0.4, -0.2) is 38.9 Å². The van der Waals surface area contributed by atoms with Crippen LogP contribution in [0, 0.1) is 13.8 Å². The summed E-state index contributed by atoms with van der Waals surface area (Å²) in [7, 11) is -3.41. The molecule has 0 bridgehead atoms. The summed E-state index contributed by atoms with van der Waals surface area (Å²) < 4.78 is 28.3. The molecule has 0 aliphatic carbocycles. The Morgan fingerprint density at radius 2 is 1.88 bits per heavy atom. The number of nitrogens with one attached hydrogen (secondary N) is 1. The van der Waals surface area contributed by atoms with Crippen molar-refractivity contribution in [1.82, 2.24) is 4.31 Å². The number of piperazine rings is 1. The Kier molecular flexibility index (Phi) is 5.32. The summed E-state index contributed by atoms with van der Waals surface area (Å²) in [6, 6.07) is 9.58. The molecule has 0 radical (unpaired) electrons. The number of nitrogens with zero attached hydrogens (tertiary/aromatic N) is 1. The van der Waals surface area contributed by atoms with Gasteiger partial charge in [-0.1, -0.05) is 23.7 Å². The van der Waals surface area contributed by atoms with Crippen molar-refractivity contribution in [2.24, 2.45) is 0 Å². The standard InChI is InChI=1S/C17H21ClN2O2S2/c1-13-3-4-14(2)16(11-13)24(21,22)20-9-7-19(8-10-20)12-15-5-6-17(18)23-15/h3-6,11H,7-10,12H2,1-2H3/p+1. The highest BCUT2D eigenvalue weighted by Crippen LogP contribution is 2.22. The molecule has 7 heteroatoms. The number of thiophene rings is 1. The molecule has 0 unspecified atom stereocenters. The van der Waals surface area contributed by atoms with Crippen molar-refractivity contribution in [3.63, 3.8) is 0 Å². The van der Waals surface area contributed by atoms with Gasteiger partial charge in [-0.2, -0.15) is 4.31 Å². The van der Waals surface area contributed by atoms with Crippen molar-refractivity contribution in [2.45, 2.75) is 25.3 Å². The molecule has 130 valence electrons. The van der Waals surface area contributed by atoms with E-state index < -0.39 is 10.0 Å². The summed E-state index contributed by atoms with van der Waals surface area (Å²) in [5.41, 5.74) is 1.78. The maximum absolute atomic E-state index is 12.9. The highest BCUT2D eigenvalue weighted by molar-refractivity contribution is 7.89. The summed E-state index contributed by atoms with van der Waals surface area (Å²) in [6.45, 7) is 7.45. The molecule has 2 heterocycles. The first kappa shape index (κ1) is 17.9. The van der Waals surface area contributed by atoms with Gasteiger partial charge in [0.15, 0.2) is 0 Å². The molecule has 0 amide bonds. The van der Waals surface area contributed by atoms with E-state index >= 15 is 0 Å². The van der Waals surface area contributed by atoms with E-state index in [0.717, 1.165) is 35.1 Å². The fourth-order valence-electron chi connectivity index (χ4n) is 3.04. The largest absolute Gasteiger partial charge is 0.328 e. The highest BCUT2D eigenvalue weighted by atomic mass is 35.5. The molecule has 2 aromatic rings. The van der Waals surface area contributed by atoms with Crippen LogP contribution in [0.4, 0.5) is 0 Å². The van der Waals surface area contributed by atoms with Gasteiger partial charge in [-0.05, 0) is 43.2 Å². The van der Waals surface area contributed by atoms with Crippen molar-refractivity contribution in [3.05, 3.63) is 50.7 Å². The average Bonchev–Trinajstić information content (AvgIpc) is 2.95. The zero-order chi connectivity index (χ0) is 17.3. The number of quaternary nitrogens is 1. The van der Waals surface area contributed by atoms with Crippen LogP contribution in [0.5, 0.6) is 0 Å². The Hall–Kier alpha value is -0.920. The lowest BCUT2D eigenvalue weighted by Gasteiger charge is -2.31. The number of aryl methyl sites for hydroxylation is 2. The van der Waals surface area contributed by atoms with Crippen LogP contribution in [0.3, 0.4) is 0 Å². The van der Waals surface area contributed by atoms with E-state index in [9.17, 15) is 8.42 Å². The van der Waals surface area contributed by atoms with Crippen LogP contribution < -0.4 is 4.90 Å². The Morgan fingerprint density at radius 3 is 2.50 bits per heavy atom. The van der Waals surface area contributed by atoms with E-state index in [2.05, 4.69) is 6.07 Å². The first-order chi connectivity index (χ1) is 11.4. The lowest BCUT2D eigenvalue weighted by atomic mass is 10.2. The molecule has 0 spiro atoms. The maximum atomic E-state index is 12.9. The van der Waals surface area contributed by atoms with E-state index in [4.69, 9.17) is 11.6 Å². The summed E-state index contributed by atoms with van der Waals surface area (Å²) in [4.78, 5) is 3.10. The predicted molar refractivity (Wildman–Crippen MR) is 98.4 cm³/mol. The van der Waals surface area contributed by atoms with Crippen LogP contribution >= 0.6 is 22.9 Å². The van der Waals surface area contributed by atoms with Gasteiger partial charge in [0.2, 0.25) is 10.0 Å². The molecule has 0 atom stereocenters. The Balaban J connectivity index is 1.68. The third kappa shape index (κ3) is 3.83. The van der Waals surface area contributed by atoms with Gasteiger partial charge >= 0.3 is 0 Å². The monoisotopic (exact) mass is 385 g/mol. The fraction of sp³-hybridized carbons (Fsp3) is 0.412. The molecule has 1 saturated heterocycles. The normalized spacial score (nSPS) is 17.3. The van der Waals surface area contributed by atoms with Gasteiger partial charge in [0.05, 0.1) is 40.3 Å². The second-order valence-corrected chi connectivity index (χ2v) is 10.0. The number of halogens is 1. The SMILES string of the molecule is Cc1ccc(C)c(S(=O)(=O)N2CC[NH+](Cc3ccc(Cl)s3)CC2)c1. The van der Waals surface area contributed by atoms with Crippen molar-refractivity contribution in [3.8, 4) is 0 Å². The smallest absolute Gasteiger partial charge is 0.243 e. The zero-order valence-electron chi connectivity index (χ0n) is 13.9. The zero-order valence-corrected chi connectivity index (χ0v) is 16.3. The molecule has 0 saturated carbocycles. The van der Waals surface area contributed by atoms with Gasteiger partial charge in [0, 0.05) is 0 Å². The van der Waals surface area contributed by atoms with Gasteiger partial charge in [-0.25, -0.2) is 8.42 Å². The minimum atomic E-state index is -3.41. The minimum absolute atomic E-state index is 0.441. The summed E-state index contributed by atoms with van der Waals surface area (Å²) >= 11 is 7.58. The summed E-state index contributed by atoms with van der Waals surface area (Å²) in [6.07, 6.45) is 0. The number of benzene rings is 1. The molecule has 1 N–H and O–H groups in total. The van der Waals surface area contributed by atoms with Crippen LogP contribution in [0.2, 0.25) is 4.34 Å². The third-order valence-corrected chi connectivity index (χ3v) is 7.72. The first-order valence-electron chi connectivity index (χ1n) is 8.01. The van der Waals surface area contributed by atoms with Crippen LogP contribution in [-0.2, 0) is 16.6 Å². The fourth-order valence-corrected chi connectivity index (χ4v) is 5.95. The van der Waals surface area contributed by atoms with E-state index in [1.807, 2.05) is 32.0 Å². The van der Waals surface area contributed by atoms with E-state index in [0.29, 0.717) is 18.0 Å². The van der Waals surface area contributed by atoms with Crippen molar-refractivity contribution < 1.29 is 13.3 Å². The van der Waals surface area contributed by atoms with Gasteiger partial charge in [-0.15, -0.1) is 11.3 Å². The topological polar surface area (TPSA) is 41.8 Å². The summed E-state index contributed by atoms with van der Waals surface area (Å²) in [5, 5.41) is 0. The van der Waals surface area contributed by atoms with E-state index in [-0.39, 0.29) is 0 Å². The lowest BCUT2D eigenvalue weighted by molar-refractivity contribution is -0.917. The maximum Gasteiger partial charge on any atom is 0.243 e. The number of hydrogen-bond acceptors (Lipinski definition) is 3. The van der Waals surface area contributed by atoms with Gasteiger partial charge in [-0.3, -0.25) is 0 Å². The average molecular weight is 386 g/mol. The number of hydrogen-bond donors (Lipinski definition) is 1. The van der Waals surface area contributed by atoms with E-state index in [1.54, 1.807) is 21.7 Å². The molecule has 1 aliphatic rings. The molecule has 4 nitrogen and oxygen atoms in total. The van der Waals surface area contributed by atoms with Crippen molar-refractivity contribution in [2.75, 3.05) is 26.2 Å². The van der Waals surface area contributed by atoms with Gasteiger partial charge < -0.3 is 4.90 Å². The minimum Gasteiger partial charge on any atom is -0.328 e. The van der Waals surface area contributed by atoms with Crippen molar-refractivity contribution >= 4 is 33.0 Å². The molecular formula is C17H22ClN2O2S2+. The van der Waals surface area contributed by atoms with Crippen LogP contribution in [0.25, 0.3) is 0 Å². The quantitative estimate of drug-likeness (QED) is 0.875. The summed E-state index contributed by atoms with van der Waals surface area (Å²) in [5.74, 6) is 0. The van der Waals surface area contributed by atoms with E-state index in [1.165, 1.54) is 9.78 Å². The lowest BCUT2D eigenvalue weighted by Crippen LogP contribution is -3.13. The molecular weight excluding hydrogens is 364 g/mol. The molecule has 1 aliphatic heterocycles. The van der Waals surface area contributed by atoms with Crippen molar-refractivity contribution in [1.29, 1.82) is 0 Å². The van der Waals surface area contributed by atoms with Gasteiger partial charge in [0.1, 0.15) is 6.54 Å². The Bertz CT molecular complexity index is 825. The number of sulfonamides is 1. The molecule has 1 aromatic carbocycles. The van der Waals surface area contributed by atoms with Gasteiger partial charge in [0.25, 0.3) is 0 Å².